The lowest BCUT2D eigenvalue weighted by molar-refractivity contribution is -0.138. The van der Waals surface area contributed by atoms with Crippen LogP contribution in [0.3, 0.4) is 0 Å². The minimum atomic E-state index is 0.141. The SMILES string of the molecule is CCC(CC)C(=O)N1CCC2(CC1)CNC(=O)C2. The molecule has 0 bridgehead atoms. The first-order valence-corrected chi connectivity index (χ1v) is 7.16. The zero-order valence-electron chi connectivity index (χ0n) is 11.5. The van der Waals surface area contributed by atoms with Gasteiger partial charge in [-0.25, -0.2) is 0 Å². The van der Waals surface area contributed by atoms with Gasteiger partial charge in [-0.1, -0.05) is 13.8 Å². The number of nitrogens with one attached hydrogen (secondary N) is 1. The van der Waals surface area contributed by atoms with Gasteiger partial charge in [0.25, 0.3) is 0 Å². The van der Waals surface area contributed by atoms with E-state index in [1.54, 1.807) is 0 Å². The van der Waals surface area contributed by atoms with Gasteiger partial charge in [0.1, 0.15) is 0 Å². The maximum Gasteiger partial charge on any atom is 0.225 e. The Morgan fingerprint density at radius 1 is 1.33 bits per heavy atom. The highest BCUT2D eigenvalue weighted by Gasteiger charge is 2.41. The molecule has 4 nitrogen and oxygen atoms in total. The van der Waals surface area contributed by atoms with E-state index < -0.39 is 0 Å². The number of carbonyl (C=O) groups excluding carboxylic acids is 2. The lowest BCUT2D eigenvalue weighted by Gasteiger charge is -2.39. The molecular formula is C14H24N2O2. The van der Waals surface area contributed by atoms with E-state index in [1.807, 2.05) is 4.90 Å². The van der Waals surface area contributed by atoms with Crippen molar-refractivity contribution in [1.82, 2.24) is 10.2 Å². The topological polar surface area (TPSA) is 49.4 Å². The number of rotatable bonds is 3. The molecule has 4 heteroatoms. The number of piperidine rings is 1. The van der Waals surface area contributed by atoms with Crippen LogP contribution in [0.25, 0.3) is 0 Å². The number of amides is 2. The van der Waals surface area contributed by atoms with Crippen molar-refractivity contribution < 1.29 is 9.59 Å². The molecule has 0 atom stereocenters. The number of hydrogen-bond acceptors (Lipinski definition) is 2. The van der Waals surface area contributed by atoms with Gasteiger partial charge in [-0.2, -0.15) is 0 Å². The summed E-state index contributed by atoms with van der Waals surface area (Å²) in [6, 6.07) is 0. The molecule has 2 aliphatic rings. The first-order chi connectivity index (χ1) is 8.60. The van der Waals surface area contributed by atoms with Gasteiger partial charge in [-0.15, -0.1) is 0 Å². The van der Waals surface area contributed by atoms with Gasteiger partial charge in [-0.3, -0.25) is 9.59 Å². The highest BCUT2D eigenvalue weighted by molar-refractivity contribution is 5.80. The minimum absolute atomic E-state index is 0.141. The van der Waals surface area contributed by atoms with Crippen LogP contribution >= 0.6 is 0 Å². The molecule has 2 heterocycles. The number of hydrogen-bond donors (Lipinski definition) is 1. The van der Waals surface area contributed by atoms with Crippen LogP contribution in [0.15, 0.2) is 0 Å². The summed E-state index contributed by atoms with van der Waals surface area (Å²) in [7, 11) is 0. The molecule has 0 aromatic carbocycles. The molecule has 1 N–H and O–H groups in total. The van der Waals surface area contributed by atoms with Gasteiger partial charge < -0.3 is 10.2 Å². The second kappa shape index (κ2) is 5.29. The average molecular weight is 252 g/mol. The van der Waals surface area contributed by atoms with Crippen LogP contribution in [0, 0.1) is 11.3 Å². The third kappa shape index (κ3) is 2.52. The number of likely N-dealkylation sites (tertiary alicyclic amines) is 1. The average Bonchev–Trinajstić information content (AvgIpc) is 2.73. The van der Waals surface area contributed by atoms with Crippen molar-refractivity contribution >= 4 is 11.8 Å². The van der Waals surface area contributed by atoms with Gasteiger partial charge >= 0.3 is 0 Å². The molecular weight excluding hydrogens is 228 g/mol. The highest BCUT2D eigenvalue weighted by atomic mass is 16.2. The Morgan fingerprint density at radius 2 is 1.94 bits per heavy atom. The Kier molecular flexibility index (Phi) is 3.93. The zero-order chi connectivity index (χ0) is 13.2. The monoisotopic (exact) mass is 252 g/mol. The Bertz CT molecular complexity index is 329. The standard InChI is InChI=1S/C14H24N2O2/c1-3-11(4-2)13(18)16-7-5-14(6-8-16)9-12(17)15-10-14/h11H,3-10H2,1-2H3,(H,15,17). The summed E-state index contributed by atoms with van der Waals surface area (Å²) in [5.74, 6) is 0.671. The van der Waals surface area contributed by atoms with Crippen LogP contribution in [0.1, 0.15) is 46.0 Å². The Morgan fingerprint density at radius 3 is 2.39 bits per heavy atom. The fourth-order valence-corrected chi connectivity index (χ4v) is 3.20. The van der Waals surface area contributed by atoms with Gasteiger partial charge in [0.05, 0.1) is 0 Å². The quantitative estimate of drug-likeness (QED) is 0.828. The van der Waals surface area contributed by atoms with E-state index in [1.165, 1.54) is 0 Å². The molecule has 18 heavy (non-hydrogen) atoms. The molecule has 2 fully saturated rings. The van der Waals surface area contributed by atoms with Crippen LogP contribution in [0.5, 0.6) is 0 Å². The van der Waals surface area contributed by atoms with E-state index in [0.717, 1.165) is 45.3 Å². The van der Waals surface area contributed by atoms with E-state index >= 15 is 0 Å². The van der Waals surface area contributed by atoms with Crippen LogP contribution in [0.4, 0.5) is 0 Å². The molecule has 2 saturated heterocycles. The molecule has 2 amide bonds. The smallest absolute Gasteiger partial charge is 0.225 e. The van der Waals surface area contributed by atoms with E-state index in [2.05, 4.69) is 19.2 Å². The summed E-state index contributed by atoms with van der Waals surface area (Å²) >= 11 is 0. The molecule has 0 aromatic rings. The maximum absolute atomic E-state index is 12.3. The van der Waals surface area contributed by atoms with E-state index in [9.17, 15) is 9.59 Å². The number of nitrogens with zero attached hydrogens (tertiary/aromatic N) is 1. The minimum Gasteiger partial charge on any atom is -0.356 e. The molecule has 1 spiro atoms. The van der Waals surface area contributed by atoms with E-state index in [4.69, 9.17) is 0 Å². The van der Waals surface area contributed by atoms with Gasteiger partial charge in [0, 0.05) is 32.0 Å². The maximum atomic E-state index is 12.3. The molecule has 2 rings (SSSR count). The first kappa shape index (κ1) is 13.4. The van der Waals surface area contributed by atoms with Crippen LogP contribution < -0.4 is 5.32 Å². The molecule has 0 aliphatic carbocycles. The summed E-state index contributed by atoms with van der Waals surface area (Å²) in [5.41, 5.74) is 0.141. The van der Waals surface area contributed by atoms with Crippen molar-refractivity contribution in [1.29, 1.82) is 0 Å². The molecule has 102 valence electrons. The third-order valence-electron chi connectivity index (χ3n) is 4.67. The van der Waals surface area contributed by atoms with Crippen molar-refractivity contribution in [3.8, 4) is 0 Å². The highest BCUT2D eigenvalue weighted by Crippen LogP contribution is 2.37. The summed E-state index contributed by atoms with van der Waals surface area (Å²) in [6.07, 6.45) is 4.45. The molecule has 0 unspecified atom stereocenters. The Hall–Kier alpha value is -1.06. The van der Waals surface area contributed by atoms with E-state index in [0.29, 0.717) is 12.3 Å². The van der Waals surface area contributed by atoms with Crippen molar-refractivity contribution in [2.24, 2.45) is 11.3 Å². The first-order valence-electron chi connectivity index (χ1n) is 7.16. The van der Waals surface area contributed by atoms with Gasteiger partial charge in [0.15, 0.2) is 0 Å². The van der Waals surface area contributed by atoms with Crippen molar-refractivity contribution in [3.05, 3.63) is 0 Å². The Balaban J connectivity index is 1.90. The van der Waals surface area contributed by atoms with E-state index in [-0.39, 0.29) is 17.2 Å². The molecule has 0 radical (unpaired) electrons. The summed E-state index contributed by atoms with van der Waals surface area (Å²) < 4.78 is 0. The van der Waals surface area contributed by atoms with Crippen molar-refractivity contribution in [3.63, 3.8) is 0 Å². The predicted octanol–water partition coefficient (Wildman–Crippen LogP) is 1.55. The van der Waals surface area contributed by atoms with Crippen LogP contribution in [-0.2, 0) is 9.59 Å². The summed E-state index contributed by atoms with van der Waals surface area (Å²) in [6.45, 7) is 6.61. The largest absolute Gasteiger partial charge is 0.356 e. The van der Waals surface area contributed by atoms with Crippen molar-refractivity contribution in [2.45, 2.75) is 46.0 Å². The van der Waals surface area contributed by atoms with Gasteiger partial charge in [0.2, 0.25) is 11.8 Å². The second-order valence-electron chi connectivity index (χ2n) is 5.79. The fraction of sp³-hybridized carbons (Fsp3) is 0.857. The molecule has 2 aliphatic heterocycles. The van der Waals surface area contributed by atoms with Crippen LogP contribution in [0.2, 0.25) is 0 Å². The fourth-order valence-electron chi connectivity index (χ4n) is 3.20. The summed E-state index contributed by atoms with van der Waals surface area (Å²) in [4.78, 5) is 25.6. The van der Waals surface area contributed by atoms with Gasteiger partial charge in [-0.05, 0) is 31.1 Å². The lowest BCUT2D eigenvalue weighted by Crippen LogP contribution is -2.46. The van der Waals surface area contributed by atoms with Crippen LogP contribution in [-0.4, -0.2) is 36.3 Å². The Labute approximate surface area is 109 Å². The molecule has 0 aromatic heterocycles. The van der Waals surface area contributed by atoms with Crippen molar-refractivity contribution in [2.75, 3.05) is 19.6 Å². The second-order valence-corrected chi connectivity index (χ2v) is 5.79. The third-order valence-corrected chi connectivity index (χ3v) is 4.67. The molecule has 0 saturated carbocycles. The number of carbonyl (C=O) groups is 2. The predicted molar refractivity (Wildman–Crippen MR) is 69.9 cm³/mol. The lowest BCUT2D eigenvalue weighted by atomic mass is 9.77. The zero-order valence-corrected chi connectivity index (χ0v) is 11.5. The summed E-state index contributed by atoms with van der Waals surface area (Å²) in [5, 5.41) is 2.93. The normalized spacial score (nSPS) is 22.6.